The van der Waals surface area contributed by atoms with Gasteiger partial charge in [0.25, 0.3) is 0 Å². The van der Waals surface area contributed by atoms with Crippen LogP contribution in [-0.2, 0) is 0 Å². The molecule has 1 aliphatic rings. The molecule has 0 radical (unpaired) electrons. The number of anilines is 1. The molecule has 1 aromatic rings. The Morgan fingerprint density at radius 1 is 1.30 bits per heavy atom. The quantitative estimate of drug-likeness (QED) is 0.858. The molecule has 1 aliphatic heterocycles. The van der Waals surface area contributed by atoms with Crippen LogP contribution in [0.3, 0.4) is 0 Å². The standard InChI is InChI=1S/C16H24N2O2/c1-4-12(2)17-7-9-18(10-8-17)14-5-6-15(13(3)19)16(20)11-14/h5-6,11-12,20H,4,7-10H2,1-3H3. The molecule has 1 atom stereocenters. The zero-order valence-corrected chi connectivity index (χ0v) is 12.6. The second-order valence-corrected chi connectivity index (χ2v) is 5.54. The summed E-state index contributed by atoms with van der Waals surface area (Å²) < 4.78 is 0. The predicted octanol–water partition coefficient (Wildman–Crippen LogP) is 2.52. The number of aromatic hydroxyl groups is 1. The van der Waals surface area contributed by atoms with E-state index >= 15 is 0 Å². The maximum Gasteiger partial charge on any atom is 0.163 e. The van der Waals surface area contributed by atoms with Gasteiger partial charge in [-0.25, -0.2) is 0 Å². The number of ketones is 1. The second kappa shape index (κ2) is 6.27. The van der Waals surface area contributed by atoms with Gasteiger partial charge in [-0.3, -0.25) is 9.69 Å². The van der Waals surface area contributed by atoms with Gasteiger partial charge in [0.2, 0.25) is 0 Å². The van der Waals surface area contributed by atoms with E-state index in [1.807, 2.05) is 6.07 Å². The number of Topliss-reactive ketones (excluding diaryl/α,β-unsaturated/α-hetero) is 1. The lowest BCUT2D eigenvalue weighted by molar-refractivity contribution is 0.101. The Morgan fingerprint density at radius 2 is 1.95 bits per heavy atom. The molecular weight excluding hydrogens is 252 g/mol. The van der Waals surface area contributed by atoms with Crippen LogP contribution in [0.5, 0.6) is 5.75 Å². The molecule has 0 aromatic heterocycles. The molecule has 0 aliphatic carbocycles. The molecule has 2 rings (SSSR count). The third-order valence-electron chi connectivity index (χ3n) is 4.25. The molecule has 0 bridgehead atoms. The molecule has 110 valence electrons. The van der Waals surface area contributed by atoms with E-state index in [0.29, 0.717) is 11.6 Å². The molecule has 1 unspecified atom stereocenters. The summed E-state index contributed by atoms with van der Waals surface area (Å²) in [5, 5.41) is 9.91. The summed E-state index contributed by atoms with van der Waals surface area (Å²) in [5.41, 5.74) is 1.39. The van der Waals surface area contributed by atoms with Crippen molar-refractivity contribution in [3.63, 3.8) is 0 Å². The fraction of sp³-hybridized carbons (Fsp3) is 0.562. The van der Waals surface area contributed by atoms with Crippen molar-refractivity contribution in [2.75, 3.05) is 31.1 Å². The van der Waals surface area contributed by atoms with Gasteiger partial charge in [0.05, 0.1) is 5.56 Å². The SMILES string of the molecule is CCC(C)N1CCN(c2ccc(C(C)=O)c(O)c2)CC1. The molecule has 0 saturated carbocycles. The van der Waals surface area contributed by atoms with Gasteiger partial charge in [0.15, 0.2) is 5.78 Å². The van der Waals surface area contributed by atoms with Crippen LogP contribution in [0.1, 0.15) is 37.6 Å². The van der Waals surface area contributed by atoms with E-state index in [0.717, 1.165) is 31.9 Å². The van der Waals surface area contributed by atoms with Crippen LogP contribution >= 0.6 is 0 Å². The smallest absolute Gasteiger partial charge is 0.163 e. The molecule has 4 nitrogen and oxygen atoms in total. The number of phenols is 1. The molecule has 1 aromatic carbocycles. The van der Waals surface area contributed by atoms with Crippen LogP contribution < -0.4 is 4.90 Å². The minimum Gasteiger partial charge on any atom is -0.507 e. The first-order valence-electron chi connectivity index (χ1n) is 7.36. The molecular formula is C16H24N2O2. The number of piperazine rings is 1. The van der Waals surface area contributed by atoms with Gasteiger partial charge in [-0.2, -0.15) is 0 Å². The van der Waals surface area contributed by atoms with E-state index in [-0.39, 0.29) is 11.5 Å². The summed E-state index contributed by atoms with van der Waals surface area (Å²) >= 11 is 0. The number of hydrogen-bond donors (Lipinski definition) is 1. The lowest BCUT2D eigenvalue weighted by atomic mass is 10.1. The van der Waals surface area contributed by atoms with Gasteiger partial charge in [0.1, 0.15) is 5.75 Å². The Kier molecular flexibility index (Phi) is 4.65. The number of carbonyl (C=O) groups is 1. The highest BCUT2D eigenvalue weighted by Gasteiger charge is 2.21. The highest BCUT2D eigenvalue weighted by Crippen LogP contribution is 2.26. The second-order valence-electron chi connectivity index (χ2n) is 5.54. The normalized spacial score (nSPS) is 18.1. The van der Waals surface area contributed by atoms with Crippen molar-refractivity contribution < 1.29 is 9.90 Å². The van der Waals surface area contributed by atoms with Crippen LogP contribution in [-0.4, -0.2) is 48.0 Å². The topological polar surface area (TPSA) is 43.8 Å². The number of hydrogen-bond acceptors (Lipinski definition) is 4. The first-order valence-corrected chi connectivity index (χ1v) is 7.36. The van der Waals surface area contributed by atoms with E-state index in [2.05, 4.69) is 23.6 Å². The Morgan fingerprint density at radius 3 is 2.45 bits per heavy atom. The molecule has 4 heteroatoms. The number of rotatable bonds is 4. The Labute approximate surface area is 121 Å². The van der Waals surface area contributed by atoms with E-state index in [1.165, 1.54) is 13.3 Å². The van der Waals surface area contributed by atoms with E-state index in [1.54, 1.807) is 12.1 Å². The summed E-state index contributed by atoms with van der Waals surface area (Å²) in [4.78, 5) is 16.1. The molecule has 20 heavy (non-hydrogen) atoms. The maximum absolute atomic E-state index is 11.3. The van der Waals surface area contributed by atoms with Gasteiger partial charge in [-0.05, 0) is 32.4 Å². The zero-order valence-electron chi connectivity index (χ0n) is 12.6. The fourth-order valence-corrected chi connectivity index (χ4v) is 2.69. The minimum atomic E-state index is -0.101. The Balaban J connectivity index is 2.04. The average Bonchev–Trinajstić information content (AvgIpc) is 2.46. The number of benzene rings is 1. The highest BCUT2D eigenvalue weighted by molar-refractivity contribution is 5.97. The average molecular weight is 276 g/mol. The van der Waals surface area contributed by atoms with Crippen molar-refractivity contribution in [2.24, 2.45) is 0 Å². The molecule has 1 saturated heterocycles. The highest BCUT2D eigenvalue weighted by atomic mass is 16.3. The summed E-state index contributed by atoms with van der Waals surface area (Å²) in [6.45, 7) is 9.97. The molecule has 1 heterocycles. The summed E-state index contributed by atoms with van der Waals surface area (Å²) in [7, 11) is 0. The van der Waals surface area contributed by atoms with Crippen LogP contribution in [0.15, 0.2) is 18.2 Å². The fourth-order valence-electron chi connectivity index (χ4n) is 2.69. The van der Waals surface area contributed by atoms with Gasteiger partial charge in [0, 0.05) is 44.0 Å². The first-order chi connectivity index (χ1) is 9.52. The summed E-state index contributed by atoms with van der Waals surface area (Å²) in [5.74, 6) is -0.0185. The number of phenolic OH excluding ortho intramolecular Hbond substituents is 1. The van der Waals surface area contributed by atoms with Gasteiger partial charge in [-0.15, -0.1) is 0 Å². The third-order valence-corrected chi connectivity index (χ3v) is 4.25. The van der Waals surface area contributed by atoms with Gasteiger partial charge < -0.3 is 10.0 Å². The lowest BCUT2D eigenvalue weighted by Gasteiger charge is -2.39. The van der Waals surface area contributed by atoms with Crippen LogP contribution in [0.25, 0.3) is 0 Å². The van der Waals surface area contributed by atoms with Gasteiger partial charge >= 0.3 is 0 Å². The molecule has 1 N–H and O–H groups in total. The maximum atomic E-state index is 11.3. The summed E-state index contributed by atoms with van der Waals surface area (Å²) in [6.07, 6.45) is 1.17. The number of carbonyl (C=O) groups excluding carboxylic acids is 1. The lowest BCUT2D eigenvalue weighted by Crippen LogP contribution is -2.49. The van der Waals surface area contributed by atoms with Crippen molar-refractivity contribution in [1.29, 1.82) is 0 Å². The van der Waals surface area contributed by atoms with E-state index in [4.69, 9.17) is 0 Å². The van der Waals surface area contributed by atoms with Crippen LogP contribution in [0.2, 0.25) is 0 Å². The van der Waals surface area contributed by atoms with E-state index < -0.39 is 0 Å². The Hall–Kier alpha value is -1.55. The zero-order chi connectivity index (χ0) is 14.7. The van der Waals surface area contributed by atoms with Gasteiger partial charge in [-0.1, -0.05) is 6.92 Å². The van der Waals surface area contributed by atoms with Crippen molar-refractivity contribution in [1.82, 2.24) is 4.90 Å². The van der Waals surface area contributed by atoms with Crippen molar-refractivity contribution in [2.45, 2.75) is 33.2 Å². The minimum absolute atomic E-state index is 0.0827. The van der Waals surface area contributed by atoms with Crippen LogP contribution in [0.4, 0.5) is 5.69 Å². The molecule has 0 amide bonds. The first kappa shape index (κ1) is 14.9. The predicted molar refractivity (Wildman–Crippen MR) is 81.7 cm³/mol. The third kappa shape index (κ3) is 3.12. The molecule has 1 fully saturated rings. The van der Waals surface area contributed by atoms with Crippen LogP contribution in [0, 0.1) is 0 Å². The van der Waals surface area contributed by atoms with Crippen molar-refractivity contribution in [3.05, 3.63) is 23.8 Å². The van der Waals surface area contributed by atoms with Crippen molar-refractivity contribution in [3.8, 4) is 5.75 Å². The summed E-state index contributed by atoms with van der Waals surface area (Å²) in [6, 6.07) is 5.98. The number of nitrogens with zero attached hydrogens (tertiary/aromatic N) is 2. The Bertz CT molecular complexity index is 479. The van der Waals surface area contributed by atoms with E-state index in [9.17, 15) is 9.90 Å². The largest absolute Gasteiger partial charge is 0.507 e. The monoisotopic (exact) mass is 276 g/mol. The van der Waals surface area contributed by atoms with Crippen molar-refractivity contribution >= 4 is 11.5 Å². The molecule has 0 spiro atoms.